The first-order valence-electron chi connectivity index (χ1n) is 7.21. The highest BCUT2D eigenvalue weighted by molar-refractivity contribution is 7.94. The van der Waals surface area contributed by atoms with Gasteiger partial charge in [0, 0.05) is 16.9 Å². The molecule has 112 valence electrons. The summed E-state index contributed by atoms with van der Waals surface area (Å²) in [4.78, 5) is 0.652. The summed E-state index contributed by atoms with van der Waals surface area (Å²) >= 11 is 0.290. The van der Waals surface area contributed by atoms with Crippen molar-refractivity contribution in [3.05, 3.63) is 29.8 Å². The summed E-state index contributed by atoms with van der Waals surface area (Å²) in [5, 5.41) is 9.13. The number of benzene rings is 1. The van der Waals surface area contributed by atoms with Crippen molar-refractivity contribution in [2.45, 2.75) is 55.4 Å². The maximum Gasteiger partial charge on any atom is 0.0812 e. The summed E-state index contributed by atoms with van der Waals surface area (Å²) in [5.41, 5.74) is 0.911. The number of hydrogen-bond acceptors (Lipinski definition) is 3. The maximum atomic E-state index is 12.8. The molecule has 0 aromatic heterocycles. The van der Waals surface area contributed by atoms with Crippen LogP contribution in [0.25, 0.3) is 0 Å². The van der Waals surface area contributed by atoms with Gasteiger partial charge in [-0.3, -0.25) is 0 Å². The van der Waals surface area contributed by atoms with E-state index in [9.17, 15) is 3.89 Å². The minimum absolute atomic E-state index is 0.0271. The lowest BCUT2D eigenvalue weighted by atomic mass is 9.71. The lowest BCUT2D eigenvalue weighted by Crippen LogP contribution is -2.45. The molecule has 2 unspecified atom stereocenters. The van der Waals surface area contributed by atoms with Crippen LogP contribution in [0.2, 0.25) is 0 Å². The largest absolute Gasteiger partial charge is 0.396 e. The highest BCUT2D eigenvalue weighted by Gasteiger charge is 2.41. The van der Waals surface area contributed by atoms with Gasteiger partial charge in [0.2, 0.25) is 0 Å². The number of aliphatic hydroxyl groups is 1. The van der Waals surface area contributed by atoms with Gasteiger partial charge in [-0.25, -0.2) is 0 Å². The van der Waals surface area contributed by atoms with E-state index in [0.717, 1.165) is 24.8 Å². The standard InChI is InChI=1S/C16H23FO2S/c1-3-16(13-5-4-6-14(11-13)20-17)8-7-15(2,9-10-18)19-12-16/h4-6,11,18H,3,7-10,12H2,1-2H3. The predicted molar refractivity (Wildman–Crippen MR) is 80.7 cm³/mol. The second-order valence-corrected chi connectivity index (χ2v) is 6.58. The van der Waals surface area contributed by atoms with E-state index in [0.29, 0.717) is 30.1 Å². The summed E-state index contributed by atoms with van der Waals surface area (Å²) < 4.78 is 18.9. The van der Waals surface area contributed by atoms with Gasteiger partial charge in [0.1, 0.15) is 0 Å². The van der Waals surface area contributed by atoms with E-state index in [-0.39, 0.29) is 17.6 Å². The summed E-state index contributed by atoms with van der Waals surface area (Å²) in [6.45, 7) is 5.02. The molecule has 1 aliphatic rings. The van der Waals surface area contributed by atoms with Crippen molar-refractivity contribution in [1.82, 2.24) is 0 Å². The lowest BCUT2D eigenvalue weighted by Gasteiger charge is -2.45. The summed E-state index contributed by atoms with van der Waals surface area (Å²) in [6.07, 6.45) is 3.59. The Morgan fingerprint density at radius 1 is 1.40 bits per heavy atom. The fourth-order valence-electron chi connectivity index (χ4n) is 2.98. The zero-order valence-corrected chi connectivity index (χ0v) is 13.0. The van der Waals surface area contributed by atoms with E-state index in [2.05, 4.69) is 19.9 Å². The van der Waals surface area contributed by atoms with Gasteiger partial charge in [-0.1, -0.05) is 19.1 Å². The predicted octanol–water partition coefficient (Wildman–Crippen LogP) is 4.26. The van der Waals surface area contributed by atoms with Crippen LogP contribution < -0.4 is 0 Å². The first-order valence-corrected chi connectivity index (χ1v) is 7.93. The van der Waals surface area contributed by atoms with Crippen molar-refractivity contribution in [3.8, 4) is 0 Å². The molecule has 1 aromatic rings. The summed E-state index contributed by atoms with van der Waals surface area (Å²) in [7, 11) is 0. The monoisotopic (exact) mass is 298 g/mol. The van der Waals surface area contributed by atoms with E-state index in [1.807, 2.05) is 12.1 Å². The molecule has 1 heterocycles. The Labute approximate surface area is 125 Å². The second-order valence-electron chi connectivity index (χ2n) is 5.95. The molecule has 0 spiro atoms. The molecule has 2 atom stereocenters. The average Bonchev–Trinajstić information content (AvgIpc) is 2.49. The normalized spacial score (nSPS) is 30.4. The van der Waals surface area contributed by atoms with E-state index in [4.69, 9.17) is 9.84 Å². The molecule has 4 heteroatoms. The zero-order valence-electron chi connectivity index (χ0n) is 12.2. The molecule has 1 N–H and O–H groups in total. The van der Waals surface area contributed by atoms with E-state index in [1.54, 1.807) is 6.07 Å². The molecular weight excluding hydrogens is 275 g/mol. The average molecular weight is 298 g/mol. The molecule has 20 heavy (non-hydrogen) atoms. The van der Waals surface area contributed by atoms with Crippen LogP contribution in [0.15, 0.2) is 29.2 Å². The zero-order chi connectivity index (χ0) is 14.6. The van der Waals surface area contributed by atoms with Crippen molar-refractivity contribution in [2.24, 2.45) is 0 Å². The van der Waals surface area contributed by atoms with Crippen molar-refractivity contribution >= 4 is 12.1 Å². The Bertz CT molecular complexity index is 442. The lowest BCUT2D eigenvalue weighted by molar-refractivity contribution is -0.110. The number of hydrogen-bond donors (Lipinski definition) is 1. The molecule has 0 aliphatic carbocycles. The van der Waals surface area contributed by atoms with Gasteiger partial charge in [0.05, 0.1) is 24.4 Å². The number of ether oxygens (including phenoxy) is 1. The van der Waals surface area contributed by atoms with Crippen molar-refractivity contribution in [3.63, 3.8) is 0 Å². The third-order valence-electron chi connectivity index (χ3n) is 4.68. The SMILES string of the molecule is CCC1(c2cccc(SF)c2)CCC(C)(CCO)OC1. The molecule has 1 aliphatic heterocycles. The number of halogens is 1. The smallest absolute Gasteiger partial charge is 0.0812 e. The fourth-order valence-corrected chi connectivity index (χ4v) is 3.28. The van der Waals surface area contributed by atoms with E-state index < -0.39 is 0 Å². The van der Waals surface area contributed by atoms with Gasteiger partial charge in [0.15, 0.2) is 0 Å². The third kappa shape index (κ3) is 3.18. The third-order valence-corrected chi connectivity index (χ3v) is 5.11. The van der Waals surface area contributed by atoms with E-state index >= 15 is 0 Å². The molecule has 1 fully saturated rings. The highest BCUT2D eigenvalue weighted by Crippen LogP contribution is 2.43. The minimum atomic E-state index is -0.222. The quantitative estimate of drug-likeness (QED) is 0.880. The Balaban J connectivity index is 2.19. The van der Waals surface area contributed by atoms with Crippen molar-refractivity contribution < 1.29 is 13.7 Å². The maximum absolute atomic E-state index is 12.8. The summed E-state index contributed by atoms with van der Waals surface area (Å²) in [6, 6.07) is 7.71. The Hall–Kier alpha value is -0.580. The molecule has 1 aromatic carbocycles. The van der Waals surface area contributed by atoms with Gasteiger partial charge >= 0.3 is 0 Å². The van der Waals surface area contributed by atoms with Crippen LogP contribution in [-0.4, -0.2) is 23.9 Å². The van der Waals surface area contributed by atoms with Crippen LogP contribution in [0.1, 0.15) is 45.1 Å². The first-order chi connectivity index (χ1) is 9.57. The molecule has 0 saturated carbocycles. The first kappa shape index (κ1) is 15.8. The number of rotatable bonds is 5. The van der Waals surface area contributed by atoms with Gasteiger partial charge in [-0.15, -0.1) is 0 Å². The van der Waals surface area contributed by atoms with Crippen LogP contribution in [0, 0.1) is 0 Å². The van der Waals surface area contributed by atoms with Gasteiger partial charge in [0.25, 0.3) is 0 Å². The van der Waals surface area contributed by atoms with Crippen molar-refractivity contribution in [2.75, 3.05) is 13.2 Å². The van der Waals surface area contributed by atoms with Gasteiger partial charge in [-0.05, 0) is 50.3 Å². The van der Waals surface area contributed by atoms with Crippen LogP contribution in [0.5, 0.6) is 0 Å². The van der Waals surface area contributed by atoms with Gasteiger partial charge in [-0.2, -0.15) is 3.89 Å². The Morgan fingerprint density at radius 3 is 2.75 bits per heavy atom. The Kier molecular flexibility index (Phi) is 5.10. The second kappa shape index (κ2) is 6.46. The molecule has 0 radical (unpaired) electrons. The van der Waals surface area contributed by atoms with Gasteiger partial charge < -0.3 is 9.84 Å². The van der Waals surface area contributed by atoms with Crippen LogP contribution in [0.3, 0.4) is 0 Å². The minimum Gasteiger partial charge on any atom is -0.396 e. The highest BCUT2D eigenvalue weighted by atomic mass is 32.2. The molecule has 2 nitrogen and oxygen atoms in total. The molecule has 0 bridgehead atoms. The molecule has 1 saturated heterocycles. The van der Waals surface area contributed by atoms with Crippen LogP contribution in [0.4, 0.5) is 3.89 Å². The topological polar surface area (TPSA) is 29.5 Å². The van der Waals surface area contributed by atoms with E-state index in [1.165, 1.54) is 0 Å². The Morgan fingerprint density at radius 2 is 2.20 bits per heavy atom. The van der Waals surface area contributed by atoms with Crippen LogP contribution >= 0.6 is 12.1 Å². The molecule has 2 rings (SSSR count). The fraction of sp³-hybridized carbons (Fsp3) is 0.625. The van der Waals surface area contributed by atoms with Crippen molar-refractivity contribution in [1.29, 1.82) is 0 Å². The molecule has 0 amide bonds. The molecular formula is C16H23FO2S. The summed E-state index contributed by atoms with van der Waals surface area (Å²) in [5.74, 6) is 0. The van der Waals surface area contributed by atoms with Crippen LogP contribution in [-0.2, 0) is 10.2 Å². The number of aliphatic hydroxyl groups excluding tert-OH is 1.